The van der Waals surface area contributed by atoms with E-state index in [4.69, 9.17) is 0 Å². The lowest BCUT2D eigenvalue weighted by molar-refractivity contribution is 0.0598. The predicted molar refractivity (Wildman–Crippen MR) is 114 cm³/mol. The molecule has 28 heavy (non-hydrogen) atoms. The van der Waals surface area contributed by atoms with Crippen molar-refractivity contribution in [3.05, 3.63) is 60.2 Å². The Hall–Kier alpha value is -2.34. The first kappa shape index (κ1) is 22.0. The van der Waals surface area contributed by atoms with Crippen LogP contribution in [0, 0.1) is 0 Å². The molecule has 2 rings (SSSR count). The van der Waals surface area contributed by atoms with Crippen LogP contribution in [0.4, 0.5) is 5.69 Å². The van der Waals surface area contributed by atoms with Crippen LogP contribution in [0.3, 0.4) is 0 Å². The van der Waals surface area contributed by atoms with Gasteiger partial charge in [0, 0.05) is 24.7 Å². The molecular formula is C22H30N2O3S. The molecule has 0 N–H and O–H groups in total. The zero-order valence-corrected chi connectivity index (χ0v) is 18.1. The van der Waals surface area contributed by atoms with Gasteiger partial charge in [0.15, 0.2) is 0 Å². The molecule has 0 bridgehead atoms. The average Bonchev–Trinajstić information content (AvgIpc) is 2.73. The molecule has 2 atom stereocenters. The van der Waals surface area contributed by atoms with Gasteiger partial charge >= 0.3 is 0 Å². The first-order valence-corrected chi connectivity index (χ1v) is 11.1. The van der Waals surface area contributed by atoms with E-state index in [1.807, 2.05) is 38.7 Å². The summed E-state index contributed by atoms with van der Waals surface area (Å²) in [7, 11) is -2.25. The highest BCUT2D eigenvalue weighted by Gasteiger charge is 2.27. The summed E-state index contributed by atoms with van der Waals surface area (Å²) in [4.78, 5) is 15.1. The minimum absolute atomic E-state index is 0.0784. The van der Waals surface area contributed by atoms with Crippen LogP contribution in [-0.2, 0) is 10.0 Å². The van der Waals surface area contributed by atoms with Crippen molar-refractivity contribution in [3.63, 3.8) is 0 Å². The fraction of sp³-hybridized carbons (Fsp3) is 0.409. The normalized spacial score (nSPS) is 13.6. The molecule has 0 saturated carbocycles. The van der Waals surface area contributed by atoms with Crippen molar-refractivity contribution < 1.29 is 13.2 Å². The standard InChI is InChI=1S/C22H30N2O3S/c1-6-17(3)24(18(4)7-2)22(25)19-12-11-15-21(16-19)28(26,27)23(5)20-13-9-8-10-14-20/h8-18H,6-7H2,1-5H3. The fourth-order valence-corrected chi connectivity index (χ4v) is 4.34. The molecule has 1 amide bonds. The van der Waals surface area contributed by atoms with E-state index in [9.17, 15) is 13.2 Å². The van der Waals surface area contributed by atoms with Gasteiger partial charge in [-0.25, -0.2) is 8.42 Å². The summed E-state index contributed by atoms with van der Waals surface area (Å²) in [6.45, 7) is 8.13. The molecule has 0 spiro atoms. The number of rotatable bonds is 8. The van der Waals surface area contributed by atoms with Crippen LogP contribution in [0.1, 0.15) is 50.9 Å². The highest BCUT2D eigenvalue weighted by Crippen LogP contribution is 2.24. The first-order chi connectivity index (χ1) is 13.2. The van der Waals surface area contributed by atoms with Gasteiger partial charge in [0.05, 0.1) is 10.6 Å². The fourth-order valence-electron chi connectivity index (χ4n) is 3.10. The number of amides is 1. The van der Waals surface area contributed by atoms with E-state index < -0.39 is 10.0 Å². The second kappa shape index (κ2) is 9.24. The second-order valence-electron chi connectivity index (χ2n) is 7.06. The minimum Gasteiger partial charge on any atom is -0.333 e. The average molecular weight is 403 g/mol. The maximum Gasteiger partial charge on any atom is 0.264 e. The summed E-state index contributed by atoms with van der Waals surface area (Å²) >= 11 is 0. The van der Waals surface area contributed by atoms with Gasteiger partial charge in [0.2, 0.25) is 0 Å². The largest absolute Gasteiger partial charge is 0.333 e. The van der Waals surface area contributed by atoms with Gasteiger partial charge in [0.25, 0.3) is 15.9 Å². The molecule has 0 saturated heterocycles. The third-order valence-corrected chi connectivity index (χ3v) is 7.01. The number of benzene rings is 2. The van der Waals surface area contributed by atoms with Crippen molar-refractivity contribution in [1.29, 1.82) is 0 Å². The number of hydrogen-bond acceptors (Lipinski definition) is 3. The van der Waals surface area contributed by atoms with Gasteiger partial charge in [-0.3, -0.25) is 9.10 Å². The van der Waals surface area contributed by atoms with Gasteiger partial charge in [-0.15, -0.1) is 0 Å². The number of sulfonamides is 1. The summed E-state index contributed by atoms with van der Waals surface area (Å²) in [6.07, 6.45) is 1.68. The Bertz CT molecular complexity index is 887. The molecule has 5 nitrogen and oxygen atoms in total. The van der Waals surface area contributed by atoms with Crippen LogP contribution < -0.4 is 4.31 Å². The molecular weight excluding hydrogens is 372 g/mol. The van der Waals surface area contributed by atoms with Crippen LogP contribution in [0.15, 0.2) is 59.5 Å². The number of anilines is 1. The number of para-hydroxylation sites is 1. The number of carbonyl (C=O) groups excluding carboxylic acids is 1. The molecule has 2 aromatic rings. The second-order valence-corrected chi connectivity index (χ2v) is 9.03. The number of nitrogens with zero attached hydrogens (tertiary/aromatic N) is 2. The molecule has 0 heterocycles. The Labute approximate surface area is 169 Å². The van der Waals surface area contributed by atoms with Crippen molar-refractivity contribution in [3.8, 4) is 0 Å². The van der Waals surface area contributed by atoms with Crippen molar-refractivity contribution in [2.75, 3.05) is 11.4 Å². The van der Waals surface area contributed by atoms with Crippen molar-refractivity contribution >= 4 is 21.6 Å². The lowest BCUT2D eigenvalue weighted by Gasteiger charge is -2.34. The lowest BCUT2D eigenvalue weighted by atomic mass is 10.1. The molecule has 152 valence electrons. The van der Waals surface area contributed by atoms with E-state index in [0.29, 0.717) is 11.3 Å². The van der Waals surface area contributed by atoms with Crippen molar-refractivity contribution in [1.82, 2.24) is 4.90 Å². The zero-order valence-electron chi connectivity index (χ0n) is 17.3. The van der Waals surface area contributed by atoms with Crippen LogP contribution in [0.2, 0.25) is 0 Å². The van der Waals surface area contributed by atoms with E-state index >= 15 is 0 Å². The van der Waals surface area contributed by atoms with Gasteiger partial charge in [-0.05, 0) is 57.0 Å². The molecule has 0 radical (unpaired) electrons. The Morgan fingerprint density at radius 2 is 1.50 bits per heavy atom. The molecule has 0 aliphatic rings. The quantitative estimate of drug-likeness (QED) is 0.651. The first-order valence-electron chi connectivity index (χ1n) is 9.70. The van der Waals surface area contributed by atoms with Gasteiger partial charge in [-0.1, -0.05) is 38.1 Å². The summed E-state index contributed by atoms with van der Waals surface area (Å²) in [5.41, 5.74) is 0.961. The topological polar surface area (TPSA) is 57.7 Å². The van der Waals surface area contributed by atoms with Gasteiger partial charge < -0.3 is 4.90 Å². The minimum atomic E-state index is -3.76. The Morgan fingerprint density at radius 1 is 0.929 bits per heavy atom. The van der Waals surface area contributed by atoms with Crippen LogP contribution in [-0.4, -0.2) is 38.4 Å². The Balaban J connectivity index is 2.41. The van der Waals surface area contributed by atoms with Gasteiger partial charge in [0.1, 0.15) is 0 Å². The highest BCUT2D eigenvalue weighted by atomic mass is 32.2. The SMILES string of the molecule is CCC(C)N(C(=O)c1cccc(S(=O)(=O)N(C)c2ccccc2)c1)C(C)CC. The third-order valence-electron chi connectivity index (χ3n) is 5.23. The highest BCUT2D eigenvalue weighted by molar-refractivity contribution is 7.92. The third kappa shape index (κ3) is 4.55. The molecule has 0 aromatic heterocycles. The van der Waals surface area contributed by atoms with Crippen LogP contribution >= 0.6 is 0 Å². The van der Waals surface area contributed by atoms with Gasteiger partial charge in [-0.2, -0.15) is 0 Å². The summed E-state index contributed by atoms with van der Waals surface area (Å²) in [5.74, 6) is -0.136. The summed E-state index contributed by atoms with van der Waals surface area (Å²) < 4.78 is 27.4. The predicted octanol–water partition coefficient (Wildman–Crippen LogP) is 4.55. The van der Waals surface area contributed by atoms with Crippen LogP contribution in [0.25, 0.3) is 0 Å². The smallest absolute Gasteiger partial charge is 0.264 e. The molecule has 0 aliphatic carbocycles. The van der Waals surface area contributed by atoms with E-state index in [0.717, 1.165) is 12.8 Å². The van der Waals surface area contributed by atoms with Crippen molar-refractivity contribution in [2.45, 2.75) is 57.5 Å². The molecule has 2 aromatic carbocycles. The van der Waals surface area contributed by atoms with Crippen LogP contribution in [0.5, 0.6) is 0 Å². The van der Waals surface area contributed by atoms with E-state index in [1.54, 1.807) is 36.4 Å². The van der Waals surface area contributed by atoms with E-state index in [1.165, 1.54) is 23.5 Å². The summed E-state index contributed by atoms with van der Waals surface area (Å²) in [6, 6.07) is 15.4. The van der Waals surface area contributed by atoms with E-state index in [2.05, 4.69) is 0 Å². The maximum absolute atomic E-state index is 13.2. The monoisotopic (exact) mass is 402 g/mol. The van der Waals surface area contributed by atoms with Crippen molar-refractivity contribution in [2.24, 2.45) is 0 Å². The molecule has 0 fully saturated rings. The number of carbonyl (C=O) groups is 1. The summed E-state index contributed by atoms with van der Waals surface area (Å²) in [5, 5.41) is 0. The lowest BCUT2D eigenvalue weighted by Crippen LogP contribution is -2.44. The Kier molecular flexibility index (Phi) is 7.24. The molecule has 0 aliphatic heterocycles. The molecule has 2 unspecified atom stereocenters. The maximum atomic E-state index is 13.2. The number of hydrogen-bond donors (Lipinski definition) is 0. The van der Waals surface area contributed by atoms with E-state index in [-0.39, 0.29) is 22.9 Å². The zero-order chi connectivity index (χ0) is 20.9. The molecule has 6 heteroatoms. The Morgan fingerprint density at radius 3 is 2.04 bits per heavy atom.